The van der Waals surface area contributed by atoms with Gasteiger partial charge >= 0.3 is 0 Å². The van der Waals surface area contributed by atoms with Crippen LogP contribution in [0.2, 0.25) is 0 Å². The van der Waals surface area contributed by atoms with Crippen LogP contribution >= 0.6 is 0 Å². The van der Waals surface area contributed by atoms with Crippen molar-refractivity contribution in [3.63, 3.8) is 0 Å². The van der Waals surface area contributed by atoms with Crippen LogP contribution in [0.3, 0.4) is 0 Å². The van der Waals surface area contributed by atoms with E-state index in [1.807, 2.05) is 26.2 Å². The molecule has 1 aromatic heterocycles. The highest BCUT2D eigenvalue weighted by Crippen LogP contribution is 2.19. The highest BCUT2D eigenvalue weighted by molar-refractivity contribution is 5.27. The second kappa shape index (κ2) is 4.12. The van der Waals surface area contributed by atoms with Gasteiger partial charge in [-0.15, -0.1) is 0 Å². The summed E-state index contributed by atoms with van der Waals surface area (Å²) >= 11 is 0. The number of aromatic nitrogens is 1. The molecule has 0 aromatic carbocycles. The number of hydrogen-bond donors (Lipinski definition) is 0. The SMILES string of the molecule is CC.c1cc2c(cn1)CCC2. The van der Waals surface area contributed by atoms with Gasteiger partial charge in [-0.1, -0.05) is 13.8 Å². The maximum absolute atomic E-state index is 4.06. The summed E-state index contributed by atoms with van der Waals surface area (Å²) < 4.78 is 0. The van der Waals surface area contributed by atoms with Gasteiger partial charge < -0.3 is 0 Å². The Labute approximate surface area is 68.5 Å². The normalized spacial score (nSPS) is 13.3. The Hall–Kier alpha value is -0.850. The molecule has 0 radical (unpaired) electrons. The number of pyridine rings is 1. The van der Waals surface area contributed by atoms with E-state index < -0.39 is 0 Å². The first-order valence-electron chi connectivity index (χ1n) is 4.38. The summed E-state index contributed by atoms with van der Waals surface area (Å²) in [6.45, 7) is 4.00. The van der Waals surface area contributed by atoms with E-state index in [1.54, 1.807) is 0 Å². The smallest absolute Gasteiger partial charge is 0.0302 e. The molecule has 1 aliphatic carbocycles. The maximum Gasteiger partial charge on any atom is 0.0302 e. The van der Waals surface area contributed by atoms with Gasteiger partial charge in [0, 0.05) is 12.4 Å². The van der Waals surface area contributed by atoms with Crippen LogP contribution in [-0.2, 0) is 12.8 Å². The first-order chi connectivity index (χ1) is 5.47. The Morgan fingerprint density at radius 1 is 1.18 bits per heavy atom. The zero-order chi connectivity index (χ0) is 8.10. The minimum atomic E-state index is 1.24. The summed E-state index contributed by atoms with van der Waals surface area (Å²) in [5.41, 5.74) is 2.96. The molecule has 0 fully saturated rings. The third-order valence-corrected chi connectivity index (χ3v) is 1.90. The largest absolute Gasteiger partial charge is 0.264 e. The highest BCUT2D eigenvalue weighted by Gasteiger charge is 2.08. The Kier molecular flexibility index (Phi) is 3.09. The first-order valence-corrected chi connectivity index (χ1v) is 4.38. The average Bonchev–Trinajstić information content (AvgIpc) is 2.55. The molecule has 60 valence electrons. The van der Waals surface area contributed by atoms with E-state index in [-0.39, 0.29) is 0 Å². The van der Waals surface area contributed by atoms with Gasteiger partial charge in [0.15, 0.2) is 0 Å². The standard InChI is InChI=1S/C8H9N.C2H6/c1-2-7-4-5-9-6-8(7)3-1;1-2/h4-6H,1-3H2;1-2H3. The highest BCUT2D eigenvalue weighted by atomic mass is 14.6. The van der Waals surface area contributed by atoms with Gasteiger partial charge in [0.05, 0.1) is 0 Å². The molecule has 1 nitrogen and oxygen atoms in total. The second-order valence-electron chi connectivity index (χ2n) is 2.50. The third-order valence-electron chi connectivity index (χ3n) is 1.90. The van der Waals surface area contributed by atoms with Crippen molar-refractivity contribution in [1.82, 2.24) is 4.98 Å². The average molecular weight is 149 g/mol. The number of rotatable bonds is 0. The molecule has 1 heterocycles. The summed E-state index contributed by atoms with van der Waals surface area (Å²) in [6, 6.07) is 2.13. The van der Waals surface area contributed by atoms with Crippen LogP contribution in [0.15, 0.2) is 18.5 Å². The Morgan fingerprint density at radius 2 is 1.91 bits per heavy atom. The molecule has 0 saturated heterocycles. The van der Waals surface area contributed by atoms with Gasteiger partial charge in [-0.25, -0.2) is 0 Å². The molecule has 0 aliphatic heterocycles. The zero-order valence-corrected chi connectivity index (χ0v) is 7.30. The van der Waals surface area contributed by atoms with Crippen molar-refractivity contribution < 1.29 is 0 Å². The first kappa shape index (κ1) is 8.25. The van der Waals surface area contributed by atoms with Crippen LogP contribution in [-0.4, -0.2) is 4.98 Å². The van der Waals surface area contributed by atoms with Gasteiger partial charge in [-0.3, -0.25) is 4.98 Å². The summed E-state index contributed by atoms with van der Waals surface area (Å²) in [5, 5.41) is 0. The van der Waals surface area contributed by atoms with Crippen LogP contribution in [0.1, 0.15) is 31.4 Å². The molecular formula is C10H15N. The van der Waals surface area contributed by atoms with Gasteiger partial charge in [0.1, 0.15) is 0 Å². The second-order valence-corrected chi connectivity index (χ2v) is 2.50. The zero-order valence-electron chi connectivity index (χ0n) is 7.30. The fourth-order valence-corrected chi connectivity index (χ4v) is 1.39. The molecule has 11 heavy (non-hydrogen) atoms. The predicted molar refractivity (Wildman–Crippen MR) is 47.6 cm³/mol. The van der Waals surface area contributed by atoms with Crippen molar-refractivity contribution in [3.05, 3.63) is 29.6 Å². The molecule has 1 heteroatoms. The molecule has 0 bridgehead atoms. The maximum atomic E-state index is 4.06. The molecule has 0 spiro atoms. The van der Waals surface area contributed by atoms with E-state index in [1.165, 1.54) is 30.4 Å². The molecule has 2 rings (SSSR count). The topological polar surface area (TPSA) is 12.9 Å². The van der Waals surface area contributed by atoms with Crippen LogP contribution in [0.25, 0.3) is 0 Å². The molecule has 1 aromatic rings. The lowest BCUT2D eigenvalue weighted by atomic mass is 10.2. The van der Waals surface area contributed by atoms with E-state index >= 15 is 0 Å². The lowest BCUT2D eigenvalue weighted by Crippen LogP contribution is -1.80. The minimum Gasteiger partial charge on any atom is -0.264 e. The van der Waals surface area contributed by atoms with Gasteiger partial charge in [0.25, 0.3) is 0 Å². The Balaban J connectivity index is 0.000000281. The van der Waals surface area contributed by atoms with Gasteiger partial charge in [-0.05, 0) is 36.5 Å². The number of hydrogen-bond acceptors (Lipinski definition) is 1. The lowest BCUT2D eigenvalue weighted by molar-refractivity contribution is 0.911. The number of fused-ring (bicyclic) bond motifs is 1. The van der Waals surface area contributed by atoms with Crippen molar-refractivity contribution in [2.75, 3.05) is 0 Å². The van der Waals surface area contributed by atoms with Crippen LogP contribution in [0.4, 0.5) is 0 Å². The third kappa shape index (κ3) is 1.79. The Bertz CT molecular complexity index is 195. The quantitative estimate of drug-likeness (QED) is 0.552. The molecule has 0 N–H and O–H groups in total. The summed E-state index contributed by atoms with van der Waals surface area (Å²) in [4.78, 5) is 4.06. The molecule has 0 amide bonds. The number of aryl methyl sites for hydroxylation is 2. The molecule has 0 unspecified atom stereocenters. The van der Waals surface area contributed by atoms with Gasteiger partial charge in [-0.2, -0.15) is 0 Å². The lowest BCUT2D eigenvalue weighted by Gasteiger charge is -1.92. The minimum absolute atomic E-state index is 1.24. The van der Waals surface area contributed by atoms with Crippen LogP contribution in [0, 0.1) is 0 Å². The van der Waals surface area contributed by atoms with E-state index in [9.17, 15) is 0 Å². The molecule has 0 atom stereocenters. The van der Waals surface area contributed by atoms with Crippen molar-refractivity contribution in [3.8, 4) is 0 Å². The van der Waals surface area contributed by atoms with Crippen molar-refractivity contribution in [1.29, 1.82) is 0 Å². The molecule has 1 aliphatic rings. The monoisotopic (exact) mass is 149 g/mol. The predicted octanol–water partition coefficient (Wildman–Crippen LogP) is 2.60. The summed E-state index contributed by atoms with van der Waals surface area (Å²) in [6.07, 6.45) is 7.69. The van der Waals surface area contributed by atoms with E-state index in [4.69, 9.17) is 0 Å². The van der Waals surface area contributed by atoms with E-state index in [0.717, 1.165) is 0 Å². The fraction of sp³-hybridized carbons (Fsp3) is 0.500. The van der Waals surface area contributed by atoms with Gasteiger partial charge in [0.2, 0.25) is 0 Å². The molecule has 0 saturated carbocycles. The summed E-state index contributed by atoms with van der Waals surface area (Å²) in [7, 11) is 0. The van der Waals surface area contributed by atoms with Crippen LogP contribution in [0.5, 0.6) is 0 Å². The van der Waals surface area contributed by atoms with Crippen LogP contribution < -0.4 is 0 Å². The van der Waals surface area contributed by atoms with E-state index in [2.05, 4.69) is 11.1 Å². The fourth-order valence-electron chi connectivity index (χ4n) is 1.39. The molecular weight excluding hydrogens is 134 g/mol. The number of nitrogens with zero attached hydrogens (tertiary/aromatic N) is 1. The van der Waals surface area contributed by atoms with E-state index in [0.29, 0.717) is 0 Å². The summed E-state index contributed by atoms with van der Waals surface area (Å²) in [5.74, 6) is 0. The van der Waals surface area contributed by atoms with Crippen molar-refractivity contribution in [2.24, 2.45) is 0 Å². The Morgan fingerprint density at radius 3 is 2.64 bits per heavy atom. The van der Waals surface area contributed by atoms with Crippen molar-refractivity contribution >= 4 is 0 Å². The van der Waals surface area contributed by atoms with Crippen molar-refractivity contribution in [2.45, 2.75) is 33.1 Å².